The Morgan fingerprint density at radius 2 is 2.15 bits per heavy atom. The molecule has 0 fully saturated rings. The lowest BCUT2D eigenvalue weighted by molar-refractivity contribution is 0.102. The summed E-state index contributed by atoms with van der Waals surface area (Å²) in [6.45, 7) is 0. The largest absolute Gasteiger partial charge is 0.446 e. The summed E-state index contributed by atoms with van der Waals surface area (Å²) in [6.07, 6.45) is 1.20. The van der Waals surface area contributed by atoms with E-state index in [1.165, 1.54) is 24.4 Å². The first-order valence-electron chi connectivity index (χ1n) is 7.40. The van der Waals surface area contributed by atoms with E-state index < -0.39 is 17.5 Å². The summed E-state index contributed by atoms with van der Waals surface area (Å²) in [4.78, 5) is 24.2. The molecular formula is C13H8BFN8O4. The van der Waals surface area contributed by atoms with Crippen LogP contribution in [0.25, 0.3) is 17.2 Å². The summed E-state index contributed by atoms with van der Waals surface area (Å²) in [7, 11) is 1.54. The monoisotopic (exact) mass is 370 g/mol. The number of hydrogen-bond donors (Lipinski definition) is 2. The van der Waals surface area contributed by atoms with Crippen molar-refractivity contribution in [1.82, 2.24) is 35.4 Å². The van der Waals surface area contributed by atoms with Crippen LogP contribution in [0.5, 0.6) is 0 Å². The van der Waals surface area contributed by atoms with Gasteiger partial charge in [0, 0.05) is 0 Å². The Morgan fingerprint density at radius 1 is 1.30 bits per heavy atom. The van der Waals surface area contributed by atoms with Crippen LogP contribution in [0.1, 0.15) is 10.5 Å². The van der Waals surface area contributed by atoms with Crippen LogP contribution in [0.4, 0.5) is 10.2 Å². The van der Waals surface area contributed by atoms with Gasteiger partial charge in [-0.1, -0.05) is 15.8 Å². The number of hydrogen-bond acceptors (Lipinski definition) is 9. The molecule has 0 atom stereocenters. The van der Waals surface area contributed by atoms with Gasteiger partial charge in [-0.3, -0.25) is 14.4 Å². The number of nitrogens with one attached hydrogen (secondary N) is 2. The molecule has 1 aromatic carbocycles. The van der Waals surface area contributed by atoms with Gasteiger partial charge in [-0.25, -0.2) is 18.4 Å². The minimum atomic E-state index is -0.839. The highest BCUT2D eigenvalue weighted by atomic mass is 19.1. The standard InChI is InChI=1S/C13H8BFN8O4/c14-6-3-5(1-2-7(6)15)23-11(21-26-13(23)25)9-10(20-27-19-9)17-12(24)8-4-16-22-18-8/h1-4H,14H2,(H,16,18,22)(H,17,20,24). The number of carbonyl (C=O) groups is 1. The zero-order valence-corrected chi connectivity index (χ0v) is 13.5. The Hall–Kier alpha value is -4.10. The van der Waals surface area contributed by atoms with Crippen LogP contribution >= 0.6 is 0 Å². The second kappa shape index (κ2) is 6.32. The molecule has 0 aliphatic carbocycles. The molecule has 3 heterocycles. The zero-order chi connectivity index (χ0) is 19.0. The lowest BCUT2D eigenvalue weighted by Crippen LogP contribution is -2.18. The molecule has 134 valence electrons. The van der Waals surface area contributed by atoms with E-state index in [-0.39, 0.29) is 28.7 Å². The van der Waals surface area contributed by atoms with Gasteiger partial charge in [0.15, 0.2) is 5.69 Å². The third-order valence-electron chi connectivity index (χ3n) is 3.60. The van der Waals surface area contributed by atoms with Crippen molar-refractivity contribution >= 4 is 25.0 Å². The minimum absolute atomic E-state index is 0.0654. The molecule has 2 N–H and O–H groups in total. The van der Waals surface area contributed by atoms with Crippen molar-refractivity contribution in [2.75, 3.05) is 5.32 Å². The summed E-state index contributed by atoms with van der Waals surface area (Å²) in [5.41, 5.74) is 0.595. The minimum Gasteiger partial charge on any atom is -0.300 e. The quantitative estimate of drug-likeness (QED) is 0.414. The average Bonchev–Trinajstić information content (AvgIpc) is 3.38. The normalized spacial score (nSPS) is 10.9. The number of rotatable bonds is 4. The topological polar surface area (TPSA) is 158 Å². The maximum absolute atomic E-state index is 13.5. The summed E-state index contributed by atoms with van der Waals surface area (Å²) >= 11 is 0. The van der Waals surface area contributed by atoms with Gasteiger partial charge in [-0.05, 0) is 28.5 Å². The number of aromatic amines is 1. The van der Waals surface area contributed by atoms with Gasteiger partial charge in [0.1, 0.15) is 19.4 Å². The molecule has 3 aromatic heterocycles. The van der Waals surface area contributed by atoms with Crippen LogP contribution in [0.15, 0.2) is 38.3 Å². The van der Waals surface area contributed by atoms with Crippen LogP contribution < -0.4 is 16.5 Å². The molecule has 0 saturated carbocycles. The maximum Gasteiger partial charge on any atom is 0.446 e. The molecule has 0 unspecified atom stereocenters. The number of benzene rings is 1. The molecule has 4 rings (SSSR count). The molecule has 12 nitrogen and oxygen atoms in total. The van der Waals surface area contributed by atoms with Crippen molar-refractivity contribution in [3.05, 3.63) is 46.5 Å². The number of nitrogens with zero attached hydrogens (tertiary/aromatic N) is 6. The Kier molecular flexibility index (Phi) is 3.84. The summed E-state index contributed by atoms with van der Waals surface area (Å²) < 4.78 is 23.9. The van der Waals surface area contributed by atoms with Gasteiger partial charge >= 0.3 is 5.76 Å². The molecule has 0 bridgehead atoms. The molecular weight excluding hydrogens is 362 g/mol. The SMILES string of the molecule is Bc1cc(-n2c(-c3nonc3NC(=O)c3cnn[nH]3)noc2=O)ccc1F. The predicted molar refractivity (Wildman–Crippen MR) is 87.9 cm³/mol. The van der Waals surface area contributed by atoms with E-state index in [0.29, 0.717) is 5.46 Å². The maximum atomic E-state index is 13.5. The Labute approximate surface area is 148 Å². The van der Waals surface area contributed by atoms with Crippen molar-refractivity contribution in [2.45, 2.75) is 0 Å². The number of carbonyl (C=O) groups excluding carboxylic acids is 1. The van der Waals surface area contributed by atoms with Crippen LogP contribution in [-0.4, -0.2) is 49.2 Å². The molecule has 27 heavy (non-hydrogen) atoms. The molecule has 0 radical (unpaired) electrons. The number of H-pyrrole nitrogens is 1. The third kappa shape index (κ3) is 2.88. The lowest BCUT2D eigenvalue weighted by Gasteiger charge is -2.05. The van der Waals surface area contributed by atoms with Crippen molar-refractivity contribution in [3.63, 3.8) is 0 Å². The van der Waals surface area contributed by atoms with Crippen LogP contribution in [-0.2, 0) is 0 Å². The van der Waals surface area contributed by atoms with E-state index in [0.717, 1.165) is 4.57 Å². The average molecular weight is 370 g/mol. The van der Waals surface area contributed by atoms with Gasteiger partial charge < -0.3 is 5.32 Å². The van der Waals surface area contributed by atoms with Gasteiger partial charge in [0.2, 0.25) is 11.6 Å². The van der Waals surface area contributed by atoms with Crippen molar-refractivity contribution in [1.29, 1.82) is 0 Å². The lowest BCUT2D eigenvalue weighted by atomic mass is 9.95. The number of amides is 1. The molecule has 0 aliphatic rings. The smallest absolute Gasteiger partial charge is 0.300 e. The first kappa shape index (κ1) is 16.4. The van der Waals surface area contributed by atoms with Crippen molar-refractivity contribution < 1.29 is 18.3 Å². The van der Waals surface area contributed by atoms with Crippen molar-refractivity contribution in [3.8, 4) is 17.2 Å². The zero-order valence-electron chi connectivity index (χ0n) is 13.5. The second-order valence-corrected chi connectivity index (χ2v) is 5.33. The summed E-state index contributed by atoms with van der Waals surface area (Å²) in [6, 6.07) is 3.99. The highest BCUT2D eigenvalue weighted by Gasteiger charge is 2.24. The molecule has 14 heteroatoms. The van der Waals surface area contributed by atoms with E-state index in [9.17, 15) is 14.0 Å². The van der Waals surface area contributed by atoms with E-state index >= 15 is 0 Å². The van der Waals surface area contributed by atoms with Gasteiger partial charge in [0.05, 0.1) is 11.9 Å². The Morgan fingerprint density at radius 3 is 2.89 bits per heavy atom. The number of halogens is 1. The van der Waals surface area contributed by atoms with Crippen LogP contribution in [0.3, 0.4) is 0 Å². The number of aromatic nitrogens is 7. The van der Waals surface area contributed by atoms with E-state index in [1.54, 1.807) is 7.85 Å². The van der Waals surface area contributed by atoms with Gasteiger partial charge in [-0.2, -0.15) is 0 Å². The Bertz CT molecular complexity index is 1180. The fraction of sp³-hybridized carbons (Fsp3) is 0. The highest BCUT2D eigenvalue weighted by Crippen LogP contribution is 2.24. The molecule has 0 saturated heterocycles. The van der Waals surface area contributed by atoms with Gasteiger partial charge in [-0.15, -0.1) is 5.10 Å². The fourth-order valence-electron chi connectivity index (χ4n) is 2.29. The molecule has 4 aromatic rings. The van der Waals surface area contributed by atoms with Gasteiger partial charge in [0.25, 0.3) is 5.91 Å². The second-order valence-electron chi connectivity index (χ2n) is 5.33. The summed E-state index contributed by atoms with van der Waals surface area (Å²) in [5, 5.41) is 22.6. The summed E-state index contributed by atoms with van der Waals surface area (Å²) in [5.74, 6) is -2.10. The van der Waals surface area contributed by atoms with E-state index in [4.69, 9.17) is 4.52 Å². The predicted octanol–water partition coefficient (Wildman–Crippen LogP) is -1.36. The fourth-order valence-corrected chi connectivity index (χ4v) is 2.29. The van der Waals surface area contributed by atoms with Crippen LogP contribution in [0, 0.1) is 5.82 Å². The first-order chi connectivity index (χ1) is 13.0. The van der Waals surface area contributed by atoms with E-state index in [2.05, 4.69) is 40.8 Å². The number of anilines is 1. The Balaban J connectivity index is 1.76. The first-order valence-corrected chi connectivity index (χ1v) is 7.40. The molecule has 0 spiro atoms. The molecule has 1 amide bonds. The molecule has 0 aliphatic heterocycles. The highest BCUT2D eigenvalue weighted by molar-refractivity contribution is 6.32. The van der Waals surface area contributed by atoms with Crippen LogP contribution in [0.2, 0.25) is 0 Å². The third-order valence-corrected chi connectivity index (χ3v) is 3.60. The van der Waals surface area contributed by atoms with E-state index in [1.807, 2.05) is 0 Å². The van der Waals surface area contributed by atoms with Crippen molar-refractivity contribution in [2.24, 2.45) is 0 Å².